The molecule has 0 aromatic heterocycles. The van der Waals surface area contributed by atoms with Crippen molar-refractivity contribution in [2.24, 2.45) is 10.2 Å². The normalized spacial score (nSPS) is 32.0. The topological polar surface area (TPSA) is 24.7 Å². The van der Waals surface area contributed by atoms with E-state index < -0.39 is 0 Å². The van der Waals surface area contributed by atoms with E-state index in [2.05, 4.69) is 16.3 Å². The minimum Gasteiger partial charge on any atom is -0.159 e. The Morgan fingerprint density at radius 2 is 2.00 bits per heavy atom. The van der Waals surface area contributed by atoms with Crippen molar-refractivity contribution >= 4 is 12.4 Å². The van der Waals surface area contributed by atoms with Crippen LogP contribution in [0.3, 0.4) is 0 Å². The fourth-order valence-electron chi connectivity index (χ4n) is 0.346. The lowest BCUT2D eigenvalue weighted by Gasteiger charge is -1.76. The second kappa shape index (κ2) is 2.91. The van der Waals surface area contributed by atoms with Gasteiger partial charge in [0.25, 0.3) is 0 Å². The quantitative estimate of drug-likeness (QED) is 0.438. The van der Waals surface area contributed by atoms with Crippen LogP contribution in [0.2, 0.25) is 0 Å². The summed E-state index contributed by atoms with van der Waals surface area (Å²) < 4.78 is 0. The molecule has 0 aromatic carbocycles. The lowest BCUT2D eigenvalue weighted by molar-refractivity contribution is 1.27. The predicted molar refractivity (Wildman–Crippen MR) is 33.9 cm³/mol. The predicted octanol–water partition coefficient (Wildman–Crippen LogP) is 0.972. The molecule has 1 heterocycles. The minimum atomic E-state index is 1.58. The van der Waals surface area contributed by atoms with E-state index in [0.29, 0.717) is 0 Å². The van der Waals surface area contributed by atoms with Gasteiger partial charge in [0.1, 0.15) is 0 Å². The van der Waals surface area contributed by atoms with Crippen molar-refractivity contribution in [2.45, 2.75) is 0 Å². The summed E-state index contributed by atoms with van der Waals surface area (Å²) in [5.41, 5.74) is 0. The zero-order valence-electron chi connectivity index (χ0n) is 4.28. The molecule has 39 valence electrons. The van der Waals surface area contributed by atoms with Crippen LogP contribution in [0, 0.1) is 6.08 Å². The number of hydrogen-bond donors (Lipinski definition) is 0. The molecule has 0 spiro atoms. The van der Waals surface area contributed by atoms with Crippen LogP contribution in [0.1, 0.15) is 0 Å². The molecule has 2 heteroatoms. The number of allylic oxidation sites excluding steroid dienone is 4. The molecule has 0 bridgehead atoms. The average Bonchev–Trinajstić information content (AvgIpc) is 1.62. The van der Waals surface area contributed by atoms with Gasteiger partial charge in [-0.25, -0.2) is 0 Å². The van der Waals surface area contributed by atoms with E-state index in [-0.39, 0.29) is 0 Å². The molecule has 0 unspecified atom stereocenters. The zero-order valence-corrected chi connectivity index (χ0v) is 4.28. The zero-order chi connectivity index (χ0) is 5.66. The molecule has 1 radical (unpaired) electrons. The fraction of sp³-hybridized carbons (Fsp3) is 0. The van der Waals surface area contributed by atoms with Gasteiger partial charge in [0, 0.05) is 6.21 Å². The number of rotatable bonds is 0. The van der Waals surface area contributed by atoms with Gasteiger partial charge in [0.15, 0.2) is 0 Å². The molecule has 0 aromatic rings. The van der Waals surface area contributed by atoms with Crippen molar-refractivity contribution in [3.63, 3.8) is 0 Å². The molecule has 0 N–H and O–H groups in total. The second-order valence-electron chi connectivity index (χ2n) is 1.22. The van der Waals surface area contributed by atoms with E-state index in [1.165, 1.54) is 0 Å². The molecule has 1 rings (SSSR count). The first-order valence-electron chi connectivity index (χ1n) is 2.29. The first kappa shape index (κ1) is 4.97. The molecule has 0 fully saturated rings. The summed E-state index contributed by atoms with van der Waals surface area (Å²) in [6, 6.07) is 0. The molecule has 1 aliphatic rings. The van der Waals surface area contributed by atoms with Gasteiger partial charge < -0.3 is 0 Å². The fourth-order valence-corrected chi connectivity index (χ4v) is 0.346. The van der Waals surface area contributed by atoms with Crippen LogP contribution in [0.4, 0.5) is 0 Å². The second-order valence-corrected chi connectivity index (χ2v) is 1.22. The van der Waals surface area contributed by atoms with E-state index in [9.17, 15) is 0 Å². The Bertz CT molecular complexity index is 107. The van der Waals surface area contributed by atoms with Crippen LogP contribution in [0.25, 0.3) is 0 Å². The summed E-state index contributed by atoms with van der Waals surface area (Å²) in [5, 5.41) is 7.22. The van der Waals surface area contributed by atoms with Crippen LogP contribution in [0.5, 0.6) is 0 Å². The van der Waals surface area contributed by atoms with Crippen molar-refractivity contribution in [1.29, 1.82) is 0 Å². The summed E-state index contributed by atoms with van der Waals surface area (Å²) in [6.07, 6.45) is 11.3. The maximum Gasteiger partial charge on any atom is 0.0501 e. The highest BCUT2D eigenvalue weighted by Gasteiger charge is 1.67. The molecule has 8 heavy (non-hydrogen) atoms. The van der Waals surface area contributed by atoms with Crippen LogP contribution in [-0.2, 0) is 0 Å². The first-order valence-corrected chi connectivity index (χ1v) is 2.29. The SMILES string of the molecule is [C]1=C\C=N/N=C\C=C/1. The largest absolute Gasteiger partial charge is 0.159 e. The van der Waals surface area contributed by atoms with Gasteiger partial charge in [-0.1, -0.05) is 6.08 Å². The third-order valence-corrected chi connectivity index (χ3v) is 0.649. The molecule has 0 saturated heterocycles. The van der Waals surface area contributed by atoms with E-state index in [1.807, 2.05) is 0 Å². The van der Waals surface area contributed by atoms with Crippen LogP contribution < -0.4 is 0 Å². The Kier molecular flexibility index (Phi) is 1.80. The maximum absolute atomic E-state index is 3.62. The highest BCUT2D eigenvalue weighted by Crippen LogP contribution is 1.77. The van der Waals surface area contributed by atoms with Gasteiger partial charge in [-0.15, -0.1) is 0 Å². The Hall–Kier alpha value is -1.18. The maximum atomic E-state index is 3.62. The Labute approximate surface area is 47.9 Å². The van der Waals surface area contributed by atoms with Crippen molar-refractivity contribution in [3.05, 3.63) is 24.3 Å². The monoisotopic (exact) mass is 105 g/mol. The molecular weight excluding hydrogens is 100 g/mol. The Morgan fingerprint density at radius 1 is 1.12 bits per heavy atom. The van der Waals surface area contributed by atoms with Gasteiger partial charge in [0.05, 0.1) is 6.21 Å². The number of nitrogens with zero attached hydrogens (tertiary/aromatic N) is 2. The number of hydrogen-bond acceptors (Lipinski definition) is 2. The van der Waals surface area contributed by atoms with E-state index >= 15 is 0 Å². The van der Waals surface area contributed by atoms with Gasteiger partial charge in [-0.2, -0.15) is 10.2 Å². The van der Waals surface area contributed by atoms with E-state index in [0.717, 1.165) is 0 Å². The minimum absolute atomic E-state index is 1.58. The van der Waals surface area contributed by atoms with Gasteiger partial charge in [-0.3, -0.25) is 0 Å². The summed E-state index contributed by atoms with van der Waals surface area (Å²) in [6.45, 7) is 0. The van der Waals surface area contributed by atoms with Crippen LogP contribution >= 0.6 is 0 Å². The van der Waals surface area contributed by atoms with Gasteiger partial charge in [0.2, 0.25) is 0 Å². The Morgan fingerprint density at radius 3 is 3.00 bits per heavy atom. The van der Waals surface area contributed by atoms with Crippen molar-refractivity contribution in [3.8, 4) is 0 Å². The van der Waals surface area contributed by atoms with Crippen molar-refractivity contribution in [1.82, 2.24) is 0 Å². The molecular formula is C6H5N2. The first-order chi connectivity index (χ1) is 4.00. The van der Waals surface area contributed by atoms with Crippen molar-refractivity contribution < 1.29 is 0 Å². The van der Waals surface area contributed by atoms with Crippen LogP contribution in [0.15, 0.2) is 28.4 Å². The highest BCUT2D eigenvalue weighted by atomic mass is 15.2. The van der Waals surface area contributed by atoms with E-state index in [1.54, 1.807) is 30.7 Å². The summed E-state index contributed by atoms with van der Waals surface area (Å²) in [4.78, 5) is 0. The van der Waals surface area contributed by atoms with Crippen LogP contribution in [-0.4, -0.2) is 12.4 Å². The third-order valence-electron chi connectivity index (χ3n) is 0.649. The lowest BCUT2D eigenvalue weighted by atomic mass is 10.4. The van der Waals surface area contributed by atoms with E-state index in [4.69, 9.17) is 0 Å². The Balaban J connectivity index is 2.67. The average molecular weight is 105 g/mol. The lowest BCUT2D eigenvalue weighted by Crippen LogP contribution is -1.68. The molecule has 0 saturated carbocycles. The van der Waals surface area contributed by atoms with Crippen molar-refractivity contribution in [2.75, 3.05) is 0 Å². The van der Waals surface area contributed by atoms with Gasteiger partial charge >= 0.3 is 0 Å². The molecule has 2 nitrogen and oxygen atoms in total. The van der Waals surface area contributed by atoms with Gasteiger partial charge in [-0.05, 0) is 18.2 Å². The third kappa shape index (κ3) is 1.51. The molecule has 0 aliphatic carbocycles. The highest BCUT2D eigenvalue weighted by molar-refractivity contribution is 5.76. The molecule has 0 atom stereocenters. The molecule has 1 aliphatic heterocycles. The summed E-state index contributed by atoms with van der Waals surface area (Å²) >= 11 is 0. The smallest absolute Gasteiger partial charge is 0.0501 e. The standard InChI is InChI=1S/C6H5N2/c1-2-4-6-8-7-5-3-1/h1,3-6H/b2-1?,3-1-,4-2?,5-3?,6-4?,7-5-,8-6-,8-7?. The summed E-state index contributed by atoms with van der Waals surface area (Å²) in [7, 11) is 0. The molecule has 0 amide bonds. The summed E-state index contributed by atoms with van der Waals surface area (Å²) in [5.74, 6) is 0.